The zero-order chi connectivity index (χ0) is 44.3. The number of nitrogens with two attached hydrogens (primary N) is 1. The number of hydrogen-bond acceptors (Lipinski definition) is 6. The second-order valence-corrected chi connectivity index (χ2v) is 13.8. The van der Waals surface area contributed by atoms with Crippen LogP contribution in [-0.4, -0.2) is 48.8 Å². The molecule has 6 aromatic carbocycles. The number of carbonyl (C=O) groups excluding carboxylic acids is 5. The molecule has 0 heterocycles. The average molecular weight is 843 g/mol. The summed E-state index contributed by atoms with van der Waals surface area (Å²) >= 11 is 0. The minimum Gasteiger partial charge on any atom is -0.341 e. The maximum Gasteiger partial charge on any atom is 0.471 e. The number of anilines is 2. The van der Waals surface area contributed by atoms with Gasteiger partial charge in [-0.05, 0) is 46.5 Å². The molecule has 318 valence electrons. The Bertz CT molecular complexity index is 2370. The van der Waals surface area contributed by atoms with E-state index in [2.05, 4.69) is 10.6 Å². The van der Waals surface area contributed by atoms with Crippen LogP contribution in [0.1, 0.15) is 43.0 Å². The molecule has 0 atom stereocenters. The highest BCUT2D eigenvalue weighted by Crippen LogP contribution is 2.20. The zero-order valence-electron chi connectivity index (χ0n) is 33.6. The third kappa shape index (κ3) is 14.0. The first kappa shape index (κ1) is 45.5. The minimum atomic E-state index is -5.05. The molecule has 0 bridgehead atoms. The Hall–Kier alpha value is -7.58. The van der Waals surface area contributed by atoms with Crippen molar-refractivity contribution in [3.63, 3.8) is 0 Å². The summed E-state index contributed by atoms with van der Waals surface area (Å²) in [6.07, 6.45) is -5.05. The van der Waals surface area contributed by atoms with Gasteiger partial charge in [0.1, 0.15) is 0 Å². The number of nitrogens with zero attached hydrogens (tertiary/aromatic N) is 2. The predicted molar refractivity (Wildman–Crippen MR) is 232 cm³/mol. The fourth-order valence-corrected chi connectivity index (χ4v) is 5.95. The van der Waals surface area contributed by atoms with Gasteiger partial charge in [-0.1, -0.05) is 146 Å². The molecule has 0 fully saturated rings. The van der Waals surface area contributed by atoms with Crippen LogP contribution >= 0.6 is 0 Å². The SMILES string of the molecule is NCC(=O)c1ccc(CN(C(=O)NCc2ccccc2)c2ccccc2)cc1.O=C(CNC(=O)C(F)(F)F)c1ccc(CN(C(=O)NCc2ccccc2)c2ccccc2)cc1. The highest BCUT2D eigenvalue weighted by molar-refractivity contribution is 6.00. The Kier molecular flexibility index (Phi) is 16.7. The Morgan fingerprint density at radius 1 is 0.452 bits per heavy atom. The lowest BCUT2D eigenvalue weighted by atomic mass is 10.1. The van der Waals surface area contributed by atoms with Crippen LogP contribution in [0.5, 0.6) is 0 Å². The number of benzene rings is 6. The van der Waals surface area contributed by atoms with Crippen LogP contribution in [0.3, 0.4) is 0 Å². The number of carbonyl (C=O) groups is 5. The van der Waals surface area contributed by atoms with E-state index in [0.717, 1.165) is 22.4 Å². The molecule has 14 heteroatoms. The largest absolute Gasteiger partial charge is 0.471 e. The Morgan fingerprint density at radius 3 is 1.16 bits per heavy atom. The Morgan fingerprint density at radius 2 is 0.806 bits per heavy atom. The zero-order valence-corrected chi connectivity index (χ0v) is 33.6. The molecule has 6 rings (SSSR count). The van der Waals surface area contributed by atoms with E-state index in [9.17, 15) is 37.1 Å². The number of Topliss-reactive ketones (excluding diaryl/α,β-unsaturated/α-hetero) is 2. The normalized spacial score (nSPS) is 10.6. The smallest absolute Gasteiger partial charge is 0.341 e. The number of amides is 5. The van der Waals surface area contributed by atoms with E-state index in [1.54, 1.807) is 51.5 Å². The van der Waals surface area contributed by atoms with Gasteiger partial charge < -0.3 is 21.7 Å². The van der Waals surface area contributed by atoms with Crippen molar-refractivity contribution in [2.45, 2.75) is 32.4 Å². The Balaban J connectivity index is 0.000000238. The molecule has 0 aliphatic heterocycles. The average Bonchev–Trinajstić information content (AvgIpc) is 3.31. The number of halogens is 3. The first-order valence-electron chi connectivity index (χ1n) is 19.5. The van der Waals surface area contributed by atoms with Crippen molar-refractivity contribution in [2.24, 2.45) is 5.73 Å². The topological polar surface area (TPSA) is 154 Å². The van der Waals surface area contributed by atoms with Crippen LogP contribution in [0.25, 0.3) is 0 Å². The van der Waals surface area contributed by atoms with Gasteiger partial charge in [0.15, 0.2) is 11.6 Å². The highest BCUT2D eigenvalue weighted by Gasteiger charge is 2.38. The lowest BCUT2D eigenvalue weighted by Crippen LogP contribution is -2.39. The molecule has 0 aromatic heterocycles. The van der Waals surface area contributed by atoms with Gasteiger partial charge >= 0.3 is 24.1 Å². The maximum absolute atomic E-state index is 13.0. The fraction of sp³-hybridized carbons (Fsp3) is 0.146. The molecule has 0 unspecified atom stereocenters. The van der Waals surface area contributed by atoms with Crippen LogP contribution in [-0.2, 0) is 31.0 Å². The summed E-state index contributed by atoms with van der Waals surface area (Å²) in [4.78, 5) is 63.8. The second kappa shape index (κ2) is 22.7. The fourth-order valence-electron chi connectivity index (χ4n) is 5.95. The summed E-state index contributed by atoms with van der Waals surface area (Å²) in [5.74, 6) is -2.94. The van der Waals surface area contributed by atoms with Crippen LogP contribution in [0.2, 0.25) is 0 Å². The van der Waals surface area contributed by atoms with Crippen molar-refractivity contribution >= 4 is 40.9 Å². The van der Waals surface area contributed by atoms with E-state index < -0.39 is 24.4 Å². The maximum atomic E-state index is 13.0. The summed E-state index contributed by atoms with van der Waals surface area (Å²) in [6, 6.07) is 50.6. The number of urea groups is 2. The van der Waals surface area contributed by atoms with Crippen molar-refractivity contribution < 1.29 is 37.1 Å². The van der Waals surface area contributed by atoms with Crippen molar-refractivity contribution in [3.05, 3.63) is 203 Å². The molecule has 0 radical (unpaired) electrons. The first-order valence-corrected chi connectivity index (χ1v) is 19.5. The Labute approximate surface area is 357 Å². The van der Waals surface area contributed by atoms with Crippen molar-refractivity contribution in [1.82, 2.24) is 16.0 Å². The van der Waals surface area contributed by atoms with Gasteiger partial charge in [0.25, 0.3) is 0 Å². The molecule has 0 saturated carbocycles. The molecule has 5 N–H and O–H groups in total. The van der Waals surface area contributed by atoms with Gasteiger partial charge in [-0.25, -0.2) is 9.59 Å². The van der Waals surface area contributed by atoms with Gasteiger partial charge in [-0.15, -0.1) is 0 Å². The number of alkyl halides is 3. The highest BCUT2D eigenvalue weighted by atomic mass is 19.4. The van der Waals surface area contributed by atoms with E-state index in [0.29, 0.717) is 36.4 Å². The van der Waals surface area contributed by atoms with Crippen LogP contribution < -0.4 is 31.5 Å². The van der Waals surface area contributed by atoms with Crippen molar-refractivity contribution in [2.75, 3.05) is 22.9 Å². The van der Waals surface area contributed by atoms with Crippen LogP contribution in [0.15, 0.2) is 170 Å². The van der Waals surface area contributed by atoms with Crippen molar-refractivity contribution in [3.8, 4) is 0 Å². The number of rotatable bonds is 15. The van der Waals surface area contributed by atoms with Gasteiger partial charge in [-0.3, -0.25) is 24.2 Å². The molecule has 0 spiro atoms. The van der Waals surface area contributed by atoms with Gasteiger partial charge in [-0.2, -0.15) is 13.2 Å². The monoisotopic (exact) mass is 842 g/mol. The van der Waals surface area contributed by atoms with Gasteiger partial charge in [0.05, 0.1) is 26.2 Å². The van der Waals surface area contributed by atoms with Crippen LogP contribution in [0.4, 0.5) is 34.1 Å². The lowest BCUT2D eigenvalue weighted by molar-refractivity contribution is -0.173. The third-order valence-corrected chi connectivity index (χ3v) is 9.28. The summed E-state index contributed by atoms with van der Waals surface area (Å²) in [6.45, 7) is 0.603. The lowest BCUT2D eigenvalue weighted by Gasteiger charge is -2.23. The van der Waals surface area contributed by atoms with Gasteiger partial charge in [0.2, 0.25) is 0 Å². The number of ketones is 2. The molecule has 0 aliphatic rings. The summed E-state index contributed by atoms with van der Waals surface area (Å²) in [5.41, 5.74) is 11.2. The summed E-state index contributed by atoms with van der Waals surface area (Å²) < 4.78 is 36.8. The van der Waals surface area contributed by atoms with E-state index in [-0.39, 0.29) is 36.5 Å². The minimum absolute atomic E-state index is 0.0165. The van der Waals surface area contributed by atoms with E-state index in [4.69, 9.17) is 5.73 Å². The number of para-hydroxylation sites is 2. The molecular weight excluding hydrogens is 798 g/mol. The number of hydrogen-bond donors (Lipinski definition) is 4. The standard InChI is InChI=1S/C25H22F3N3O3.C23H23N3O2/c26-25(27,28)23(33)29-16-22(32)20-13-11-19(12-14-20)17-31(21-9-5-2-6-10-21)24(34)30-15-18-7-3-1-4-8-18;24-15-22(27)20-13-11-19(12-14-20)17-26(21-9-5-2-6-10-21)23(28)25-16-18-7-3-1-4-8-18/h1-14H,15-17H2,(H,29,33)(H,30,34);1-14H,15-17,24H2,(H,25,28). The quantitative estimate of drug-likeness (QED) is 0.0765. The molecule has 6 aromatic rings. The number of nitrogens with one attached hydrogen (secondary N) is 3. The van der Waals surface area contributed by atoms with E-state index in [1.165, 1.54) is 12.1 Å². The van der Waals surface area contributed by atoms with Gasteiger partial charge in [0, 0.05) is 35.6 Å². The molecule has 0 aliphatic carbocycles. The molecule has 11 nitrogen and oxygen atoms in total. The van der Waals surface area contributed by atoms with E-state index in [1.807, 2.05) is 121 Å². The summed E-state index contributed by atoms with van der Waals surface area (Å²) in [5, 5.41) is 7.42. The third-order valence-electron chi connectivity index (χ3n) is 9.28. The van der Waals surface area contributed by atoms with Crippen molar-refractivity contribution in [1.29, 1.82) is 0 Å². The predicted octanol–water partition coefficient (Wildman–Crippen LogP) is 8.21. The molecular formula is C48H45F3N6O5. The second-order valence-electron chi connectivity index (χ2n) is 13.8. The molecule has 0 saturated heterocycles. The summed E-state index contributed by atoms with van der Waals surface area (Å²) in [7, 11) is 0. The molecule has 62 heavy (non-hydrogen) atoms. The van der Waals surface area contributed by atoms with Crippen LogP contribution in [0, 0.1) is 0 Å². The van der Waals surface area contributed by atoms with E-state index >= 15 is 0 Å². The molecule has 5 amide bonds. The first-order chi connectivity index (χ1) is 29.9.